The number of carbonyl (C=O) groups is 7. The largest absolute Gasteiger partial charge is 0.463 e. The molecule has 0 amide bonds. The van der Waals surface area contributed by atoms with Crippen LogP contribution in [0.15, 0.2) is 5.11 Å². The molecule has 0 aromatic heterocycles. The second kappa shape index (κ2) is 17.8. The van der Waals surface area contributed by atoms with Crippen LogP contribution in [0.25, 0.3) is 10.4 Å². The van der Waals surface area contributed by atoms with Crippen molar-refractivity contribution < 1.29 is 76.2 Å². The molecule has 20 heteroatoms. The lowest BCUT2D eigenvalue weighted by Crippen LogP contribution is -2.69. The molecule has 0 aliphatic carbocycles. The average Bonchev–Trinajstić information content (AvgIpc) is 2.93. The van der Waals surface area contributed by atoms with Gasteiger partial charge in [0.25, 0.3) is 0 Å². The van der Waals surface area contributed by atoms with Crippen LogP contribution in [0.5, 0.6) is 0 Å². The van der Waals surface area contributed by atoms with E-state index in [1.165, 1.54) is 0 Å². The predicted molar refractivity (Wildman–Crippen MR) is 154 cm³/mol. The van der Waals surface area contributed by atoms with Gasteiger partial charge in [-0.05, 0) is 5.53 Å². The van der Waals surface area contributed by atoms with E-state index in [0.29, 0.717) is 0 Å². The average molecular weight is 738 g/mol. The van der Waals surface area contributed by atoms with E-state index >= 15 is 0 Å². The first-order valence-electron chi connectivity index (χ1n) is 14.1. The summed E-state index contributed by atoms with van der Waals surface area (Å²) in [7, 11) is 0. The number of hydrogen-bond acceptors (Lipinski definition) is 17. The van der Waals surface area contributed by atoms with Gasteiger partial charge in [-0.2, -0.15) is 0 Å². The summed E-state index contributed by atoms with van der Waals surface area (Å²) in [5, 5.41) is 2.59. The number of ether oxygens (including phenoxy) is 9. The summed E-state index contributed by atoms with van der Waals surface area (Å²) < 4.78 is 50.0. The highest BCUT2D eigenvalue weighted by atomic mass is 79.9. The Morgan fingerprint density at radius 1 is 0.660 bits per heavy atom. The second-order valence-electron chi connectivity index (χ2n) is 10.4. The molecule has 0 aromatic rings. The molecule has 11 atom stereocenters. The second-order valence-corrected chi connectivity index (χ2v) is 11.3. The minimum Gasteiger partial charge on any atom is -0.463 e. The van der Waals surface area contributed by atoms with E-state index < -0.39 is 121 Å². The Morgan fingerprint density at radius 2 is 1.11 bits per heavy atom. The van der Waals surface area contributed by atoms with E-state index in [4.69, 9.17) is 42.6 Å². The Morgan fingerprint density at radius 3 is 1.55 bits per heavy atom. The Labute approximate surface area is 276 Å². The minimum absolute atomic E-state index is 0.486. The molecule has 0 spiro atoms. The molecule has 47 heavy (non-hydrogen) atoms. The Hall–Kier alpha value is -4.00. The van der Waals surface area contributed by atoms with Gasteiger partial charge in [-0.25, -0.2) is 0 Å². The van der Waals surface area contributed by atoms with Gasteiger partial charge in [-0.3, -0.25) is 33.6 Å². The van der Waals surface area contributed by atoms with E-state index in [0.717, 1.165) is 48.5 Å². The molecular weight excluding hydrogens is 702 g/mol. The third-order valence-electron chi connectivity index (χ3n) is 6.68. The van der Waals surface area contributed by atoms with Crippen molar-refractivity contribution in [3.8, 4) is 0 Å². The first-order chi connectivity index (χ1) is 22.0. The monoisotopic (exact) mass is 737 g/mol. The number of hydrogen-bond donors (Lipinski definition) is 0. The number of halogens is 1. The topological polar surface area (TPSA) is 251 Å². The fourth-order valence-electron chi connectivity index (χ4n) is 5.27. The first-order valence-corrected chi connectivity index (χ1v) is 15.0. The van der Waals surface area contributed by atoms with Crippen molar-refractivity contribution in [2.24, 2.45) is 11.0 Å². The van der Waals surface area contributed by atoms with E-state index in [-0.39, 0.29) is 0 Å². The van der Waals surface area contributed by atoms with Crippen LogP contribution < -0.4 is 0 Å². The maximum Gasteiger partial charge on any atom is 0.303 e. The summed E-state index contributed by atoms with van der Waals surface area (Å²) in [6.45, 7) is 6.26. The van der Waals surface area contributed by atoms with Gasteiger partial charge in [0.1, 0.15) is 48.7 Å². The molecule has 2 heterocycles. The van der Waals surface area contributed by atoms with Gasteiger partial charge < -0.3 is 42.6 Å². The molecule has 2 rings (SSSR count). The Bertz CT molecular complexity index is 1260. The Balaban J connectivity index is 2.90. The molecule has 0 saturated carbocycles. The van der Waals surface area contributed by atoms with Crippen LogP contribution in [0.3, 0.4) is 0 Å². The van der Waals surface area contributed by atoms with Gasteiger partial charge >= 0.3 is 41.8 Å². The lowest BCUT2D eigenvalue weighted by atomic mass is 9.78. The number of nitrogens with zero attached hydrogens (tertiary/aromatic N) is 3. The highest BCUT2D eigenvalue weighted by Crippen LogP contribution is 2.42. The van der Waals surface area contributed by atoms with E-state index in [1.807, 2.05) is 0 Å². The van der Waals surface area contributed by atoms with Crippen LogP contribution in [-0.4, -0.2) is 115 Å². The van der Waals surface area contributed by atoms with Gasteiger partial charge in [0, 0.05) is 53.4 Å². The predicted octanol–water partition coefficient (Wildman–Crippen LogP) is 0.953. The third kappa shape index (κ3) is 11.3. The molecule has 2 saturated heterocycles. The first kappa shape index (κ1) is 39.2. The number of carbonyl (C=O) groups excluding carboxylic acids is 7. The van der Waals surface area contributed by atoms with Crippen molar-refractivity contribution in [3.63, 3.8) is 0 Å². The summed E-state index contributed by atoms with van der Waals surface area (Å²) in [5.74, 6) is -7.46. The van der Waals surface area contributed by atoms with E-state index in [1.54, 1.807) is 0 Å². The van der Waals surface area contributed by atoms with Crippen LogP contribution >= 0.6 is 15.9 Å². The van der Waals surface area contributed by atoms with Crippen molar-refractivity contribution in [2.45, 2.75) is 108 Å². The molecule has 0 radical (unpaired) electrons. The number of alkyl halides is 1. The molecule has 2 aliphatic rings. The lowest BCUT2D eigenvalue weighted by Gasteiger charge is -2.51. The Kier molecular flexibility index (Phi) is 14.8. The van der Waals surface area contributed by atoms with Crippen molar-refractivity contribution in [1.82, 2.24) is 0 Å². The van der Waals surface area contributed by atoms with E-state index in [2.05, 4.69) is 26.0 Å². The molecule has 0 aromatic carbocycles. The quantitative estimate of drug-likeness (QED) is 0.0675. The van der Waals surface area contributed by atoms with Crippen molar-refractivity contribution in [2.75, 3.05) is 13.2 Å². The summed E-state index contributed by atoms with van der Waals surface area (Å²) in [4.78, 5) is 88.3. The molecule has 0 unspecified atom stereocenters. The fourth-order valence-corrected chi connectivity index (χ4v) is 6.01. The van der Waals surface area contributed by atoms with Gasteiger partial charge in [0.15, 0.2) is 18.3 Å². The van der Waals surface area contributed by atoms with Gasteiger partial charge in [-0.1, -0.05) is 21.0 Å². The zero-order valence-corrected chi connectivity index (χ0v) is 28.1. The summed E-state index contributed by atoms with van der Waals surface area (Å²) in [6, 6.07) is -1.37. The fraction of sp³-hybridized carbons (Fsp3) is 0.741. The zero-order chi connectivity index (χ0) is 35.6. The van der Waals surface area contributed by atoms with Gasteiger partial charge in [0.2, 0.25) is 0 Å². The summed E-state index contributed by atoms with van der Waals surface area (Å²) in [5.41, 5.74) is 9.48. The lowest BCUT2D eigenvalue weighted by molar-refractivity contribution is -0.280. The highest BCUT2D eigenvalue weighted by Gasteiger charge is 2.60. The third-order valence-corrected chi connectivity index (χ3v) is 7.44. The molecule has 262 valence electrons. The van der Waals surface area contributed by atoms with Crippen LogP contribution in [0, 0.1) is 5.92 Å². The minimum atomic E-state index is -1.72. The van der Waals surface area contributed by atoms with Gasteiger partial charge in [0.05, 0.1) is 12.0 Å². The maximum absolute atomic E-state index is 12.7. The molecular formula is C27H36BrN3O16. The summed E-state index contributed by atoms with van der Waals surface area (Å²) in [6.07, 6.45) is -12.5. The highest BCUT2D eigenvalue weighted by molar-refractivity contribution is 9.09. The zero-order valence-electron chi connectivity index (χ0n) is 26.5. The normalized spacial score (nSPS) is 30.6. The van der Waals surface area contributed by atoms with Crippen LogP contribution in [0.2, 0.25) is 0 Å². The van der Waals surface area contributed by atoms with Crippen LogP contribution in [0.1, 0.15) is 48.5 Å². The summed E-state index contributed by atoms with van der Waals surface area (Å²) >= 11 is 3.27. The molecule has 19 nitrogen and oxygen atoms in total. The molecule has 0 N–H and O–H groups in total. The smallest absolute Gasteiger partial charge is 0.303 e. The molecule has 2 fully saturated rings. The number of rotatable bonds is 12. The van der Waals surface area contributed by atoms with E-state index in [9.17, 15) is 39.1 Å². The van der Waals surface area contributed by atoms with Crippen molar-refractivity contribution in [3.05, 3.63) is 10.4 Å². The number of esters is 7. The van der Waals surface area contributed by atoms with Crippen molar-refractivity contribution >= 4 is 57.7 Å². The maximum atomic E-state index is 12.7. The molecule has 0 bridgehead atoms. The van der Waals surface area contributed by atoms with Crippen LogP contribution in [-0.2, 0) is 76.2 Å². The number of azide groups is 1. The van der Waals surface area contributed by atoms with Gasteiger partial charge in [-0.15, -0.1) is 0 Å². The van der Waals surface area contributed by atoms with Crippen LogP contribution in [0.4, 0.5) is 0 Å². The SMILES string of the molecule is CC(=O)OC[C@H]1O[C@@H]([C@H](OC(C)=O)[C@@H]2[C@@H](N=[N+]=[N-])[C@@H](Br)O[C@H](COC(C)=O)[C@@H]2OC(C)=O)[C@H](OC(C)=O)[C@@H](OC(C)=O)[C@H]1OC(C)=O. The standard InChI is InChI=1S/C27H36BrN3O16/c1-10(32)39-8-17-21(41-12(3)34)19(20(30-31-29)27(28)47-17)23(43-14(5)36)25-26(45-16(7)38)24(44-15(6)37)22(42-13(4)35)18(46-25)9-40-11(2)33/h17-27H,8-9H2,1-7H3/t17-,18-,19-,20-,21+,22+,23-,24+,25+,26-,27+/m1/s1. The molecule has 2 aliphatic heterocycles. The van der Waals surface area contributed by atoms with Crippen molar-refractivity contribution in [1.29, 1.82) is 0 Å².